The van der Waals surface area contributed by atoms with Crippen molar-refractivity contribution in [2.24, 2.45) is 0 Å². The molecule has 0 aliphatic heterocycles. The third-order valence-electron chi connectivity index (χ3n) is 3.03. The normalized spacial score (nSPS) is 12.6. The predicted molar refractivity (Wildman–Crippen MR) is 69.7 cm³/mol. The first kappa shape index (κ1) is 12.8. The van der Waals surface area contributed by atoms with E-state index < -0.39 is 0 Å². The van der Waals surface area contributed by atoms with E-state index in [-0.39, 0.29) is 5.82 Å². The van der Waals surface area contributed by atoms with Crippen molar-refractivity contribution in [1.29, 1.82) is 0 Å². The Labute approximate surface area is 106 Å². The van der Waals surface area contributed by atoms with Gasteiger partial charge in [-0.1, -0.05) is 12.1 Å². The Bertz CT molecular complexity index is 490. The van der Waals surface area contributed by atoms with Gasteiger partial charge in [-0.25, -0.2) is 4.39 Å². The monoisotopic (exact) mass is 247 g/mol. The highest BCUT2D eigenvalue weighted by Gasteiger charge is 2.05. The van der Waals surface area contributed by atoms with Crippen molar-refractivity contribution >= 4 is 0 Å². The number of hydrogen-bond acceptors (Lipinski definition) is 2. The van der Waals surface area contributed by atoms with E-state index in [0.29, 0.717) is 6.04 Å². The van der Waals surface area contributed by atoms with Crippen LogP contribution in [0.25, 0.3) is 0 Å². The summed E-state index contributed by atoms with van der Waals surface area (Å²) < 4.78 is 12.8. The lowest BCUT2D eigenvalue weighted by Crippen LogP contribution is -2.27. The molecule has 1 atom stereocenters. The number of aryl methyl sites for hydroxylation is 1. The Balaban J connectivity index is 1.83. The van der Waals surface area contributed by atoms with Gasteiger partial charge in [0.05, 0.1) is 6.20 Å². The molecule has 4 heteroatoms. The van der Waals surface area contributed by atoms with Crippen molar-refractivity contribution in [3.8, 4) is 0 Å². The molecular weight excluding hydrogens is 229 g/mol. The van der Waals surface area contributed by atoms with Crippen molar-refractivity contribution in [3.63, 3.8) is 0 Å². The minimum atomic E-state index is -0.187. The smallest absolute Gasteiger partial charge is 0.123 e. The maximum absolute atomic E-state index is 12.8. The van der Waals surface area contributed by atoms with Crippen LogP contribution >= 0.6 is 0 Å². The summed E-state index contributed by atoms with van der Waals surface area (Å²) in [6.45, 7) is 4.93. The van der Waals surface area contributed by atoms with Gasteiger partial charge < -0.3 is 5.32 Å². The van der Waals surface area contributed by atoms with E-state index in [2.05, 4.69) is 22.4 Å². The average molecular weight is 247 g/mol. The van der Waals surface area contributed by atoms with E-state index in [0.717, 1.165) is 24.2 Å². The molecular formula is C14H18FN3. The molecule has 0 radical (unpaired) electrons. The second-order valence-corrected chi connectivity index (χ2v) is 4.63. The van der Waals surface area contributed by atoms with Crippen LogP contribution in [0.2, 0.25) is 0 Å². The molecule has 2 N–H and O–H groups in total. The van der Waals surface area contributed by atoms with Gasteiger partial charge in [0.15, 0.2) is 0 Å². The number of H-pyrrole nitrogens is 1. The van der Waals surface area contributed by atoms with Crippen LogP contribution in [0.5, 0.6) is 0 Å². The van der Waals surface area contributed by atoms with Crippen molar-refractivity contribution in [3.05, 3.63) is 53.1 Å². The minimum absolute atomic E-state index is 0.187. The molecule has 0 fully saturated rings. The van der Waals surface area contributed by atoms with Crippen molar-refractivity contribution in [2.45, 2.75) is 32.9 Å². The SMILES string of the molecule is Cc1[nH]ncc1CNC(C)Cc1ccc(F)cc1. The summed E-state index contributed by atoms with van der Waals surface area (Å²) in [5, 5.41) is 10.3. The van der Waals surface area contributed by atoms with Crippen LogP contribution < -0.4 is 5.32 Å². The third kappa shape index (κ3) is 3.40. The first-order chi connectivity index (χ1) is 8.65. The van der Waals surface area contributed by atoms with Crippen LogP contribution in [0.15, 0.2) is 30.5 Å². The minimum Gasteiger partial charge on any atom is -0.310 e. The highest BCUT2D eigenvalue weighted by Crippen LogP contribution is 2.07. The lowest BCUT2D eigenvalue weighted by Gasteiger charge is -2.13. The lowest BCUT2D eigenvalue weighted by atomic mass is 10.1. The van der Waals surface area contributed by atoms with Crippen LogP contribution in [-0.2, 0) is 13.0 Å². The number of rotatable bonds is 5. The van der Waals surface area contributed by atoms with E-state index in [1.54, 1.807) is 0 Å². The fourth-order valence-electron chi connectivity index (χ4n) is 1.88. The zero-order valence-corrected chi connectivity index (χ0v) is 10.7. The Kier molecular flexibility index (Phi) is 4.10. The number of aromatic amines is 1. The molecule has 0 amide bonds. The topological polar surface area (TPSA) is 40.7 Å². The molecule has 1 heterocycles. The molecule has 0 bridgehead atoms. The standard InChI is InChI=1S/C14H18FN3/c1-10(7-12-3-5-14(15)6-4-12)16-8-13-9-17-18-11(13)2/h3-6,9-10,16H,7-8H2,1-2H3,(H,17,18). The Hall–Kier alpha value is -1.68. The zero-order chi connectivity index (χ0) is 13.0. The number of hydrogen-bond donors (Lipinski definition) is 2. The number of nitrogens with zero attached hydrogens (tertiary/aromatic N) is 1. The molecule has 0 saturated carbocycles. The number of benzene rings is 1. The summed E-state index contributed by atoms with van der Waals surface area (Å²) in [5.74, 6) is -0.187. The second kappa shape index (κ2) is 5.78. The van der Waals surface area contributed by atoms with Gasteiger partial charge in [0, 0.05) is 23.8 Å². The number of aromatic nitrogens is 2. The van der Waals surface area contributed by atoms with Crippen molar-refractivity contribution in [1.82, 2.24) is 15.5 Å². The molecule has 96 valence electrons. The van der Waals surface area contributed by atoms with Gasteiger partial charge in [-0.3, -0.25) is 5.10 Å². The maximum atomic E-state index is 12.8. The molecule has 0 spiro atoms. The van der Waals surface area contributed by atoms with Gasteiger partial charge in [-0.15, -0.1) is 0 Å². The summed E-state index contributed by atoms with van der Waals surface area (Å²) in [5.41, 5.74) is 3.41. The molecule has 0 saturated heterocycles. The average Bonchev–Trinajstić information content (AvgIpc) is 2.75. The molecule has 0 aliphatic carbocycles. The Morgan fingerprint density at radius 3 is 2.67 bits per heavy atom. The molecule has 2 rings (SSSR count). The van der Waals surface area contributed by atoms with Crippen LogP contribution in [0, 0.1) is 12.7 Å². The molecule has 3 nitrogen and oxygen atoms in total. The highest BCUT2D eigenvalue weighted by atomic mass is 19.1. The first-order valence-electron chi connectivity index (χ1n) is 6.12. The molecule has 2 aromatic rings. The van der Waals surface area contributed by atoms with Gasteiger partial charge in [0.2, 0.25) is 0 Å². The molecule has 0 aliphatic rings. The van der Waals surface area contributed by atoms with Gasteiger partial charge >= 0.3 is 0 Å². The quantitative estimate of drug-likeness (QED) is 0.852. The van der Waals surface area contributed by atoms with Gasteiger partial charge in [-0.05, 0) is 38.0 Å². The van der Waals surface area contributed by atoms with Crippen LogP contribution in [0.1, 0.15) is 23.7 Å². The summed E-state index contributed by atoms with van der Waals surface area (Å²) in [7, 11) is 0. The molecule has 1 aromatic carbocycles. The third-order valence-corrected chi connectivity index (χ3v) is 3.03. The second-order valence-electron chi connectivity index (χ2n) is 4.63. The fourth-order valence-corrected chi connectivity index (χ4v) is 1.88. The van der Waals surface area contributed by atoms with Gasteiger partial charge in [0.25, 0.3) is 0 Å². The summed E-state index contributed by atoms with van der Waals surface area (Å²) in [6, 6.07) is 7.00. The molecule has 18 heavy (non-hydrogen) atoms. The van der Waals surface area contributed by atoms with E-state index in [1.807, 2.05) is 25.3 Å². The van der Waals surface area contributed by atoms with Crippen LogP contribution in [-0.4, -0.2) is 16.2 Å². The maximum Gasteiger partial charge on any atom is 0.123 e. The van der Waals surface area contributed by atoms with Gasteiger partial charge in [-0.2, -0.15) is 5.10 Å². The van der Waals surface area contributed by atoms with E-state index >= 15 is 0 Å². The molecule has 1 aromatic heterocycles. The number of nitrogens with one attached hydrogen (secondary N) is 2. The first-order valence-corrected chi connectivity index (χ1v) is 6.12. The Morgan fingerprint density at radius 2 is 2.06 bits per heavy atom. The largest absolute Gasteiger partial charge is 0.310 e. The van der Waals surface area contributed by atoms with Crippen LogP contribution in [0.3, 0.4) is 0 Å². The van der Waals surface area contributed by atoms with Crippen molar-refractivity contribution < 1.29 is 4.39 Å². The predicted octanol–water partition coefficient (Wildman–Crippen LogP) is 2.58. The summed E-state index contributed by atoms with van der Waals surface area (Å²) in [6.07, 6.45) is 2.73. The van der Waals surface area contributed by atoms with E-state index in [9.17, 15) is 4.39 Å². The van der Waals surface area contributed by atoms with Gasteiger partial charge in [0.1, 0.15) is 5.82 Å². The lowest BCUT2D eigenvalue weighted by molar-refractivity contribution is 0.543. The fraction of sp³-hybridized carbons (Fsp3) is 0.357. The highest BCUT2D eigenvalue weighted by molar-refractivity contribution is 5.17. The van der Waals surface area contributed by atoms with E-state index in [4.69, 9.17) is 0 Å². The number of halogens is 1. The summed E-state index contributed by atoms with van der Waals surface area (Å²) in [4.78, 5) is 0. The van der Waals surface area contributed by atoms with E-state index in [1.165, 1.54) is 17.7 Å². The summed E-state index contributed by atoms with van der Waals surface area (Å²) >= 11 is 0. The van der Waals surface area contributed by atoms with Crippen LogP contribution in [0.4, 0.5) is 4.39 Å². The molecule has 1 unspecified atom stereocenters. The Morgan fingerprint density at radius 1 is 1.33 bits per heavy atom. The zero-order valence-electron chi connectivity index (χ0n) is 10.7. The van der Waals surface area contributed by atoms with Crippen molar-refractivity contribution in [2.75, 3.05) is 0 Å².